The van der Waals surface area contributed by atoms with Gasteiger partial charge in [0.1, 0.15) is 0 Å². The van der Waals surface area contributed by atoms with Gasteiger partial charge in [0.2, 0.25) is 5.82 Å². The average molecular weight is 487 g/mol. The highest BCUT2D eigenvalue weighted by Gasteiger charge is 2.33. The smallest absolute Gasteiger partial charge is 0.258 e. The van der Waals surface area contributed by atoms with Gasteiger partial charge in [-0.25, -0.2) is 0 Å². The van der Waals surface area contributed by atoms with Crippen LogP contribution >= 0.6 is 35.4 Å². The van der Waals surface area contributed by atoms with Gasteiger partial charge in [-0.3, -0.25) is 0 Å². The maximum atomic E-state index is 6.15. The van der Waals surface area contributed by atoms with Crippen molar-refractivity contribution in [1.29, 1.82) is 0 Å². The topological polar surface area (TPSA) is 54.2 Å². The van der Waals surface area contributed by atoms with Gasteiger partial charge in [0, 0.05) is 27.9 Å². The standard InChI is InChI=1S/C24H24Cl2N4OS/c1-3-4-5-13-30-15(2)20(21(27-24(30)32)16-9-11-18(25)12-10-16)23-28-22(29-31-23)17-7-6-8-19(26)14-17/h6-12,14,21H,3-5,13H2,1-2H3,(H,27,32). The summed E-state index contributed by atoms with van der Waals surface area (Å²) in [6.07, 6.45) is 3.33. The number of thiocarbonyl (C=S) groups is 1. The summed E-state index contributed by atoms with van der Waals surface area (Å²) in [6, 6.07) is 14.9. The first-order valence-electron chi connectivity index (χ1n) is 10.6. The summed E-state index contributed by atoms with van der Waals surface area (Å²) in [4.78, 5) is 6.84. The third kappa shape index (κ3) is 4.82. The molecule has 0 spiro atoms. The Labute approximate surface area is 203 Å². The zero-order valence-corrected chi connectivity index (χ0v) is 20.3. The molecule has 1 aromatic heterocycles. The van der Waals surface area contributed by atoms with Crippen molar-refractivity contribution in [2.75, 3.05) is 6.54 Å². The lowest BCUT2D eigenvalue weighted by atomic mass is 9.94. The molecule has 0 aliphatic carbocycles. The van der Waals surface area contributed by atoms with E-state index in [4.69, 9.17) is 44.9 Å². The van der Waals surface area contributed by atoms with Crippen molar-refractivity contribution in [1.82, 2.24) is 20.4 Å². The fraction of sp³-hybridized carbons (Fsp3) is 0.292. The number of hydrogen-bond acceptors (Lipinski definition) is 4. The monoisotopic (exact) mass is 486 g/mol. The number of hydrogen-bond donors (Lipinski definition) is 1. The van der Waals surface area contributed by atoms with Gasteiger partial charge >= 0.3 is 0 Å². The molecule has 1 aliphatic heterocycles. The van der Waals surface area contributed by atoms with E-state index in [1.807, 2.05) is 48.5 Å². The van der Waals surface area contributed by atoms with Crippen LogP contribution in [0.15, 0.2) is 58.8 Å². The van der Waals surface area contributed by atoms with E-state index >= 15 is 0 Å². The van der Waals surface area contributed by atoms with E-state index in [1.54, 1.807) is 0 Å². The minimum atomic E-state index is -0.227. The molecule has 2 heterocycles. The Morgan fingerprint density at radius 2 is 1.88 bits per heavy atom. The molecule has 0 amide bonds. The Kier molecular flexibility index (Phi) is 7.13. The highest BCUT2D eigenvalue weighted by atomic mass is 35.5. The molecule has 0 bridgehead atoms. The third-order valence-corrected chi connectivity index (χ3v) is 6.35. The van der Waals surface area contributed by atoms with Crippen LogP contribution in [0.1, 0.15) is 50.6 Å². The second kappa shape index (κ2) is 10.0. The van der Waals surface area contributed by atoms with Crippen LogP contribution in [0.5, 0.6) is 0 Å². The summed E-state index contributed by atoms with van der Waals surface area (Å²) in [5.41, 5.74) is 3.72. The molecule has 2 aromatic carbocycles. The maximum Gasteiger partial charge on any atom is 0.258 e. The largest absolute Gasteiger partial charge is 0.351 e. The van der Waals surface area contributed by atoms with Crippen molar-refractivity contribution in [2.24, 2.45) is 0 Å². The Morgan fingerprint density at radius 1 is 1.09 bits per heavy atom. The van der Waals surface area contributed by atoms with Gasteiger partial charge in [0.25, 0.3) is 5.89 Å². The predicted octanol–water partition coefficient (Wildman–Crippen LogP) is 6.90. The lowest BCUT2D eigenvalue weighted by molar-refractivity contribution is 0.395. The maximum absolute atomic E-state index is 6.15. The van der Waals surface area contributed by atoms with Crippen molar-refractivity contribution in [3.05, 3.63) is 75.7 Å². The van der Waals surface area contributed by atoms with Gasteiger partial charge in [-0.1, -0.05) is 72.4 Å². The van der Waals surface area contributed by atoms with Crippen LogP contribution in [0.25, 0.3) is 17.0 Å². The molecule has 1 N–H and O–H groups in total. The van der Waals surface area contributed by atoms with E-state index in [2.05, 4.69) is 29.2 Å². The molecule has 1 unspecified atom stereocenters. The second-order valence-corrected chi connectivity index (χ2v) is 8.98. The first-order valence-corrected chi connectivity index (χ1v) is 11.8. The number of unbranched alkanes of at least 4 members (excludes halogenated alkanes) is 2. The molecule has 8 heteroatoms. The zero-order valence-electron chi connectivity index (χ0n) is 17.9. The Balaban J connectivity index is 1.77. The van der Waals surface area contributed by atoms with Gasteiger partial charge in [-0.05, 0) is 55.4 Å². The molecule has 5 nitrogen and oxygen atoms in total. The van der Waals surface area contributed by atoms with Crippen LogP contribution < -0.4 is 5.32 Å². The Bertz CT molecular complexity index is 1140. The van der Waals surface area contributed by atoms with Crippen molar-refractivity contribution in [3.8, 4) is 11.4 Å². The summed E-state index contributed by atoms with van der Waals surface area (Å²) in [6.45, 7) is 5.07. The molecule has 0 saturated carbocycles. The van der Waals surface area contributed by atoms with Gasteiger partial charge in [-0.2, -0.15) is 4.98 Å². The Hall–Kier alpha value is -2.41. The van der Waals surface area contributed by atoms with Crippen LogP contribution in [-0.2, 0) is 0 Å². The van der Waals surface area contributed by atoms with Gasteiger partial charge in [-0.15, -0.1) is 0 Å². The van der Waals surface area contributed by atoms with E-state index in [-0.39, 0.29) is 6.04 Å². The lowest BCUT2D eigenvalue weighted by Crippen LogP contribution is -2.46. The summed E-state index contributed by atoms with van der Waals surface area (Å²) >= 11 is 18.0. The van der Waals surface area contributed by atoms with Crippen molar-refractivity contribution < 1.29 is 4.52 Å². The number of halogens is 2. The number of allylic oxidation sites excluding steroid dienone is 1. The fourth-order valence-electron chi connectivity index (χ4n) is 3.83. The minimum Gasteiger partial charge on any atom is -0.351 e. The third-order valence-electron chi connectivity index (χ3n) is 5.52. The van der Waals surface area contributed by atoms with Crippen molar-refractivity contribution >= 4 is 46.1 Å². The van der Waals surface area contributed by atoms with Crippen LogP contribution in [0.2, 0.25) is 10.0 Å². The number of nitrogens with one attached hydrogen (secondary N) is 1. The SMILES string of the molecule is CCCCCN1C(=S)NC(c2ccc(Cl)cc2)C(c2nc(-c3cccc(Cl)c3)no2)=C1C. The van der Waals surface area contributed by atoms with Crippen LogP contribution in [0, 0.1) is 0 Å². The van der Waals surface area contributed by atoms with Crippen molar-refractivity contribution in [3.63, 3.8) is 0 Å². The van der Waals surface area contributed by atoms with Gasteiger partial charge in [0.15, 0.2) is 5.11 Å². The molecular formula is C24H24Cl2N4OS. The number of nitrogens with zero attached hydrogens (tertiary/aromatic N) is 3. The molecule has 3 aromatic rings. The first-order chi connectivity index (χ1) is 15.5. The summed E-state index contributed by atoms with van der Waals surface area (Å²) < 4.78 is 5.76. The molecule has 0 radical (unpaired) electrons. The van der Waals surface area contributed by atoms with Crippen LogP contribution in [0.3, 0.4) is 0 Å². The number of aromatic nitrogens is 2. The highest BCUT2D eigenvalue weighted by Crippen LogP contribution is 2.38. The minimum absolute atomic E-state index is 0.227. The first kappa shape index (κ1) is 22.8. The predicted molar refractivity (Wildman–Crippen MR) is 133 cm³/mol. The van der Waals surface area contributed by atoms with Crippen LogP contribution in [-0.4, -0.2) is 26.7 Å². The molecule has 1 atom stereocenters. The quantitative estimate of drug-likeness (QED) is 0.289. The molecule has 4 rings (SSSR count). The molecule has 166 valence electrons. The van der Waals surface area contributed by atoms with Crippen molar-refractivity contribution in [2.45, 2.75) is 39.2 Å². The fourth-order valence-corrected chi connectivity index (χ4v) is 4.49. The van der Waals surface area contributed by atoms with Crippen LogP contribution in [0.4, 0.5) is 0 Å². The molecule has 1 aliphatic rings. The summed E-state index contributed by atoms with van der Waals surface area (Å²) in [5.74, 6) is 0.941. The summed E-state index contributed by atoms with van der Waals surface area (Å²) in [7, 11) is 0. The average Bonchev–Trinajstić information content (AvgIpc) is 3.26. The zero-order chi connectivity index (χ0) is 22.7. The number of rotatable bonds is 7. The van der Waals surface area contributed by atoms with E-state index in [0.29, 0.717) is 26.9 Å². The lowest BCUT2D eigenvalue weighted by Gasteiger charge is -2.37. The molecule has 0 fully saturated rings. The molecule has 32 heavy (non-hydrogen) atoms. The molecule has 0 saturated heterocycles. The van der Waals surface area contributed by atoms with E-state index in [9.17, 15) is 0 Å². The second-order valence-electron chi connectivity index (χ2n) is 7.73. The van der Waals surface area contributed by atoms with E-state index in [1.165, 1.54) is 0 Å². The van der Waals surface area contributed by atoms with Gasteiger partial charge in [0.05, 0.1) is 11.6 Å². The van der Waals surface area contributed by atoms with Gasteiger partial charge < -0.3 is 14.7 Å². The normalized spacial score (nSPS) is 16.4. The molecular weight excluding hydrogens is 463 g/mol. The van der Waals surface area contributed by atoms with E-state index < -0.39 is 0 Å². The highest BCUT2D eigenvalue weighted by molar-refractivity contribution is 7.80. The summed E-state index contributed by atoms with van der Waals surface area (Å²) in [5, 5.41) is 9.68. The number of benzene rings is 2. The Morgan fingerprint density at radius 3 is 2.59 bits per heavy atom. The van der Waals surface area contributed by atoms with E-state index in [0.717, 1.165) is 48.2 Å².